The average molecular weight is 465 g/mol. The number of hydrogen-bond donors (Lipinski definition) is 0. The molecular formula is C17H16ClF3N4O4S. The first-order valence-corrected chi connectivity index (χ1v) is 10.5. The Hall–Kier alpha value is -2.44. The standard InChI is InChI=1S/C17H16ClF3N4O4S/c1-11-8-12(25(26)27)10-22-16(11)23-4-6-24(7-5-23)30(28,29)13-2-3-15(18)14(9-13)17(19,20)21/h2-3,8-10H,4-7H2,1H3. The molecule has 2 heterocycles. The minimum atomic E-state index is -4.78. The molecule has 8 nitrogen and oxygen atoms in total. The first-order valence-electron chi connectivity index (χ1n) is 8.64. The lowest BCUT2D eigenvalue weighted by Gasteiger charge is -2.35. The fraction of sp³-hybridized carbons (Fsp3) is 0.353. The van der Waals surface area contributed by atoms with Gasteiger partial charge in [0.2, 0.25) is 10.0 Å². The highest BCUT2D eigenvalue weighted by atomic mass is 35.5. The van der Waals surface area contributed by atoms with Crippen LogP contribution in [0.15, 0.2) is 35.4 Å². The van der Waals surface area contributed by atoms with Crippen LogP contribution in [0.3, 0.4) is 0 Å². The van der Waals surface area contributed by atoms with Gasteiger partial charge in [0.25, 0.3) is 5.69 Å². The first-order chi connectivity index (χ1) is 13.9. The Morgan fingerprint density at radius 3 is 2.33 bits per heavy atom. The number of sulfonamides is 1. The molecule has 0 radical (unpaired) electrons. The molecule has 3 rings (SSSR count). The number of nitrogens with zero attached hydrogens (tertiary/aromatic N) is 4. The van der Waals surface area contributed by atoms with E-state index in [4.69, 9.17) is 11.6 Å². The maximum Gasteiger partial charge on any atom is 0.417 e. The van der Waals surface area contributed by atoms with Crippen molar-refractivity contribution in [3.8, 4) is 0 Å². The van der Waals surface area contributed by atoms with Crippen LogP contribution in [0.5, 0.6) is 0 Å². The topological polar surface area (TPSA) is 96.7 Å². The summed E-state index contributed by atoms with van der Waals surface area (Å²) in [6, 6.07) is 3.86. The lowest BCUT2D eigenvalue weighted by Crippen LogP contribution is -2.49. The van der Waals surface area contributed by atoms with Gasteiger partial charge < -0.3 is 4.90 Å². The number of pyridine rings is 1. The predicted octanol–water partition coefficient (Wildman–Crippen LogP) is 3.48. The summed E-state index contributed by atoms with van der Waals surface area (Å²) in [6.07, 6.45) is -3.65. The summed E-state index contributed by atoms with van der Waals surface area (Å²) in [5.41, 5.74) is -0.803. The second-order valence-electron chi connectivity index (χ2n) is 6.62. The van der Waals surface area contributed by atoms with Gasteiger partial charge in [0.1, 0.15) is 12.0 Å². The summed E-state index contributed by atoms with van der Waals surface area (Å²) in [7, 11) is -4.16. The third-order valence-electron chi connectivity index (χ3n) is 4.67. The number of piperazine rings is 1. The Morgan fingerprint density at radius 1 is 1.17 bits per heavy atom. The summed E-state index contributed by atoms with van der Waals surface area (Å²) in [6.45, 7) is 2.15. The minimum absolute atomic E-state index is 0.0183. The number of hydrogen-bond acceptors (Lipinski definition) is 6. The molecule has 2 aromatic rings. The van der Waals surface area contributed by atoms with Crippen LogP contribution < -0.4 is 4.90 Å². The van der Waals surface area contributed by atoms with Gasteiger partial charge in [-0.25, -0.2) is 13.4 Å². The van der Waals surface area contributed by atoms with Crippen LogP contribution in [0, 0.1) is 17.0 Å². The van der Waals surface area contributed by atoms with Gasteiger partial charge in [0, 0.05) is 32.2 Å². The van der Waals surface area contributed by atoms with Gasteiger partial charge in [0.05, 0.1) is 20.4 Å². The van der Waals surface area contributed by atoms with Crippen LogP contribution in [0.2, 0.25) is 5.02 Å². The van der Waals surface area contributed by atoms with E-state index in [2.05, 4.69) is 4.98 Å². The van der Waals surface area contributed by atoms with Gasteiger partial charge in [0.15, 0.2) is 0 Å². The highest BCUT2D eigenvalue weighted by Gasteiger charge is 2.36. The molecular weight excluding hydrogens is 449 g/mol. The Labute approximate surface area is 175 Å². The molecule has 0 unspecified atom stereocenters. The third-order valence-corrected chi connectivity index (χ3v) is 6.89. The van der Waals surface area contributed by atoms with E-state index >= 15 is 0 Å². The van der Waals surface area contributed by atoms with E-state index < -0.39 is 36.6 Å². The van der Waals surface area contributed by atoms with Crippen molar-refractivity contribution in [2.75, 3.05) is 31.1 Å². The maximum atomic E-state index is 13.1. The van der Waals surface area contributed by atoms with Crippen LogP contribution in [-0.2, 0) is 16.2 Å². The first kappa shape index (κ1) is 22.2. The molecule has 0 aliphatic carbocycles. The van der Waals surface area contributed by atoms with Crippen LogP contribution >= 0.6 is 11.6 Å². The van der Waals surface area contributed by atoms with Gasteiger partial charge >= 0.3 is 6.18 Å². The fourth-order valence-electron chi connectivity index (χ4n) is 3.16. The van der Waals surface area contributed by atoms with Gasteiger partial charge in [-0.2, -0.15) is 17.5 Å². The number of halogens is 4. The Morgan fingerprint density at radius 2 is 1.80 bits per heavy atom. The average Bonchev–Trinajstić information content (AvgIpc) is 2.67. The van der Waals surface area contributed by atoms with E-state index in [9.17, 15) is 31.7 Å². The van der Waals surface area contributed by atoms with Crippen LogP contribution in [-0.4, -0.2) is 48.8 Å². The molecule has 0 bridgehead atoms. The quantitative estimate of drug-likeness (QED) is 0.507. The molecule has 30 heavy (non-hydrogen) atoms. The number of anilines is 1. The van der Waals surface area contributed by atoms with Gasteiger partial charge in [-0.15, -0.1) is 0 Å². The molecule has 0 N–H and O–H groups in total. The van der Waals surface area contributed by atoms with Crippen molar-refractivity contribution in [1.29, 1.82) is 0 Å². The van der Waals surface area contributed by atoms with Crippen molar-refractivity contribution in [2.45, 2.75) is 18.0 Å². The van der Waals surface area contributed by atoms with Gasteiger partial charge in [-0.3, -0.25) is 10.1 Å². The summed E-state index contributed by atoms with van der Waals surface area (Å²) >= 11 is 5.56. The maximum absolute atomic E-state index is 13.1. The van der Waals surface area contributed by atoms with E-state index in [1.165, 1.54) is 6.07 Å². The molecule has 1 saturated heterocycles. The third kappa shape index (κ3) is 4.35. The molecule has 13 heteroatoms. The lowest BCUT2D eigenvalue weighted by atomic mass is 10.2. The Bertz CT molecular complexity index is 1090. The van der Waals surface area contributed by atoms with Crippen molar-refractivity contribution in [2.24, 2.45) is 0 Å². The zero-order valence-corrected chi connectivity index (χ0v) is 17.1. The van der Waals surface area contributed by atoms with Gasteiger partial charge in [-0.1, -0.05) is 11.6 Å². The van der Waals surface area contributed by atoms with Crippen molar-refractivity contribution in [1.82, 2.24) is 9.29 Å². The highest BCUT2D eigenvalue weighted by molar-refractivity contribution is 7.89. The summed E-state index contributed by atoms with van der Waals surface area (Å²) in [5, 5.41) is 10.3. The zero-order valence-electron chi connectivity index (χ0n) is 15.6. The van der Waals surface area contributed by atoms with E-state index in [-0.39, 0.29) is 31.9 Å². The number of aryl methyl sites for hydroxylation is 1. The van der Waals surface area contributed by atoms with E-state index in [1.807, 2.05) is 0 Å². The minimum Gasteiger partial charge on any atom is -0.354 e. The zero-order chi connectivity index (χ0) is 22.3. The Kier molecular flexibility index (Phi) is 5.94. The molecule has 0 spiro atoms. The molecule has 1 aromatic carbocycles. The SMILES string of the molecule is Cc1cc([N+](=O)[O-])cnc1N1CCN(S(=O)(=O)c2ccc(Cl)c(C(F)(F)F)c2)CC1. The second-order valence-corrected chi connectivity index (χ2v) is 8.97. The molecule has 1 aromatic heterocycles. The normalized spacial score (nSPS) is 16.0. The van der Waals surface area contributed by atoms with E-state index in [0.29, 0.717) is 17.4 Å². The molecule has 162 valence electrons. The lowest BCUT2D eigenvalue weighted by molar-refractivity contribution is -0.385. The summed E-state index contributed by atoms with van der Waals surface area (Å²) in [4.78, 5) is 15.7. The molecule has 0 amide bonds. The number of alkyl halides is 3. The molecule has 1 aliphatic rings. The molecule has 1 aliphatic heterocycles. The smallest absolute Gasteiger partial charge is 0.354 e. The fourth-order valence-corrected chi connectivity index (χ4v) is 4.83. The van der Waals surface area contributed by atoms with Crippen LogP contribution in [0.1, 0.15) is 11.1 Å². The Balaban J connectivity index is 1.78. The molecule has 0 saturated carbocycles. The predicted molar refractivity (Wildman–Crippen MR) is 103 cm³/mol. The molecule has 0 atom stereocenters. The monoisotopic (exact) mass is 464 g/mol. The van der Waals surface area contributed by atoms with Crippen molar-refractivity contribution in [3.63, 3.8) is 0 Å². The number of rotatable bonds is 4. The van der Waals surface area contributed by atoms with Crippen molar-refractivity contribution in [3.05, 3.63) is 56.7 Å². The second kappa shape index (κ2) is 8.00. The summed E-state index contributed by atoms with van der Waals surface area (Å²) in [5.74, 6) is 0.489. The van der Waals surface area contributed by atoms with Gasteiger partial charge in [-0.05, 0) is 30.7 Å². The van der Waals surface area contributed by atoms with Crippen LogP contribution in [0.25, 0.3) is 0 Å². The number of aromatic nitrogens is 1. The highest BCUT2D eigenvalue weighted by Crippen LogP contribution is 2.36. The van der Waals surface area contributed by atoms with Crippen molar-refractivity contribution >= 4 is 33.1 Å². The largest absolute Gasteiger partial charge is 0.417 e. The van der Waals surface area contributed by atoms with E-state index in [0.717, 1.165) is 22.6 Å². The summed E-state index contributed by atoms with van der Waals surface area (Å²) < 4.78 is 65.9. The van der Waals surface area contributed by atoms with Crippen LogP contribution in [0.4, 0.5) is 24.7 Å². The number of benzene rings is 1. The molecule has 1 fully saturated rings. The van der Waals surface area contributed by atoms with Crippen molar-refractivity contribution < 1.29 is 26.5 Å². The number of nitro groups is 1. The van der Waals surface area contributed by atoms with E-state index in [1.54, 1.807) is 11.8 Å².